The maximum absolute atomic E-state index is 12.2. The number of nitrogens with two attached hydrogens (primary N) is 1. The quantitative estimate of drug-likeness (QED) is 0.636. The van der Waals surface area contributed by atoms with Crippen molar-refractivity contribution in [2.75, 3.05) is 0 Å². The number of benzene rings is 2. The van der Waals surface area contributed by atoms with Crippen molar-refractivity contribution < 1.29 is 27.9 Å². The van der Waals surface area contributed by atoms with Crippen molar-refractivity contribution >= 4 is 10.0 Å². The smallest absolute Gasteiger partial charge is 0.240 e. The molecule has 156 valence electrons. The van der Waals surface area contributed by atoms with Gasteiger partial charge in [0.1, 0.15) is 0 Å². The van der Waals surface area contributed by atoms with Gasteiger partial charge in [-0.3, -0.25) is 0 Å². The van der Waals surface area contributed by atoms with Gasteiger partial charge < -0.3 is 5.73 Å². The van der Waals surface area contributed by atoms with Gasteiger partial charge in [0.15, 0.2) is 0 Å². The number of nitrogens with one attached hydrogen (secondary N) is 1. The van der Waals surface area contributed by atoms with Crippen LogP contribution in [0.15, 0.2) is 47.4 Å². The fraction of sp³-hybridized carbons (Fsp3) is 0.455. The number of rotatable bonds is 3. The second kappa shape index (κ2) is 11.2. The molecule has 0 radical (unpaired) electrons. The molecule has 0 heterocycles. The molecule has 2 atom stereocenters. The van der Waals surface area contributed by atoms with E-state index in [4.69, 9.17) is 5.73 Å². The second-order valence-corrected chi connectivity index (χ2v) is 9.29. The Hall–Kier alpha value is -1.07. The van der Waals surface area contributed by atoms with E-state index in [0.717, 1.165) is 31.2 Å². The predicted octanol–water partition coefficient (Wildman–Crippen LogP) is 4.15. The molecule has 2 aromatic carbocycles. The second-order valence-electron chi connectivity index (χ2n) is 7.58. The Kier molecular flexibility index (Phi) is 9.99. The summed E-state index contributed by atoms with van der Waals surface area (Å²) < 4.78 is 27.1. The molecule has 0 aliphatic heterocycles. The van der Waals surface area contributed by atoms with Gasteiger partial charge in [-0.25, -0.2) is 13.1 Å². The summed E-state index contributed by atoms with van der Waals surface area (Å²) in [5.74, 6) is 0. The van der Waals surface area contributed by atoms with Crippen LogP contribution >= 0.6 is 0 Å². The molecule has 28 heavy (non-hydrogen) atoms. The molecule has 0 aromatic heterocycles. The third kappa shape index (κ3) is 7.40. The molecule has 4 nitrogen and oxygen atoms in total. The van der Waals surface area contributed by atoms with Gasteiger partial charge in [0.2, 0.25) is 10.0 Å². The Morgan fingerprint density at radius 3 is 1.96 bits per heavy atom. The first-order chi connectivity index (χ1) is 12.7. The Labute approximate surface area is 183 Å². The minimum Gasteiger partial charge on any atom is -0.326 e. The minimum atomic E-state index is -3.44. The van der Waals surface area contributed by atoms with Gasteiger partial charge in [-0.2, -0.15) is 0 Å². The molecule has 1 saturated carbocycles. The first-order valence-corrected chi connectivity index (χ1v) is 11.1. The number of aryl methyl sites for hydroxylation is 4. The van der Waals surface area contributed by atoms with E-state index in [1.807, 2.05) is 6.92 Å². The van der Waals surface area contributed by atoms with Crippen LogP contribution in [0.3, 0.4) is 0 Å². The van der Waals surface area contributed by atoms with Crippen LogP contribution in [-0.2, 0) is 29.5 Å². The average Bonchev–Trinajstić information content (AvgIpc) is 2.61. The van der Waals surface area contributed by atoms with Crippen molar-refractivity contribution in [3.63, 3.8) is 0 Å². The summed E-state index contributed by atoms with van der Waals surface area (Å²) in [5.41, 5.74) is 11.1. The maximum Gasteiger partial charge on any atom is 0.240 e. The molecular weight excluding hydrogens is 457 g/mol. The van der Waals surface area contributed by atoms with Crippen LogP contribution in [0.2, 0.25) is 0 Å². The number of hydrogen-bond acceptors (Lipinski definition) is 3. The van der Waals surface area contributed by atoms with Crippen molar-refractivity contribution in [1.82, 2.24) is 4.72 Å². The van der Waals surface area contributed by atoms with Gasteiger partial charge in [0, 0.05) is 31.6 Å². The Bertz CT molecular complexity index is 851. The van der Waals surface area contributed by atoms with Crippen LogP contribution in [0.4, 0.5) is 0 Å². The van der Waals surface area contributed by atoms with E-state index in [1.165, 1.54) is 16.7 Å². The van der Waals surface area contributed by atoms with E-state index in [2.05, 4.69) is 43.7 Å². The molecule has 1 aliphatic carbocycles. The first-order valence-electron chi connectivity index (χ1n) is 9.57. The van der Waals surface area contributed by atoms with Crippen molar-refractivity contribution in [1.29, 1.82) is 0 Å². The van der Waals surface area contributed by atoms with Crippen molar-refractivity contribution in [2.45, 2.75) is 70.4 Å². The molecule has 3 N–H and O–H groups in total. The molecule has 0 bridgehead atoms. The topological polar surface area (TPSA) is 72.2 Å². The number of hydrogen-bond donors (Lipinski definition) is 2. The molecule has 1 aliphatic rings. The Morgan fingerprint density at radius 1 is 0.857 bits per heavy atom. The van der Waals surface area contributed by atoms with Crippen LogP contribution in [0.25, 0.3) is 0 Å². The van der Waals surface area contributed by atoms with Crippen molar-refractivity contribution in [3.8, 4) is 0 Å². The maximum atomic E-state index is 12.2. The predicted molar refractivity (Wildman–Crippen MR) is 112 cm³/mol. The van der Waals surface area contributed by atoms with Crippen LogP contribution < -0.4 is 10.5 Å². The van der Waals surface area contributed by atoms with E-state index in [0.29, 0.717) is 4.90 Å². The fourth-order valence-electron chi connectivity index (χ4n) is 3.18. The monoisotopic (exact) mass is 490 g/mol. The molecule has 0 amide bonds. The molecule has 3 rings (SSSR count). The summed E-state index contributed by atoms with van der Waals surface area (Å²) in [6, 6.07) is 13.2. The van der Waals surface area contributed by atoms with E-state index >= 15 is 0 Å². The third-order valence-corrected chi connectivity index (χ3v) is 6.63. The SMILES string of the molecule is Cc1ccc(C)c(C)c1.Cc1ccc(S(=O)(=O)N[C@H]2CCCC[C@@H]2N)cc1.[Ru]. The van der Waals surface area contributed by atoms with Crippen LogP contribution in [-0.4, -0.2) is 20.5 Å². The van der Waals surface area contributed by atoms with Gasteiger partial charge in [-0.1, -0.05) is 54.3 Å². The molecular formula is C22H32N2O2RuS. The summed E-state index contributed by atoms with van der Waals surface area (Å²) in [4.78, 5) is 0.311. The zero-order valence-electron chi connectivity index (χ0n) is 17.2. The van der Waals surface area contributed by atoms with Gasteiger partial charge >= 0.3 is 0 Å². The largest absolute Gasteiger partial charge is 0.326 e. The average molecular weight is 490 g/mol. The summed E-state index contributed by atoms with van der Waals surface area (Å²) in [6.45, 7) is 8.32. The zero-order chi connectivity index (χ0) is 20.0. The van der Waals surface area contributed by atoms with Crippen LogP contribution in [0, 0.1) is 27.7 Å². The first kappa shape index (κ1) is 25.0. The van der Waals surface area contributed by atoms with Crippen molar-refractivity contribution in [3.05, 3.63) is 64.7 Å². The minimum absolute atomic E-state index is 0. The molecule has 0 spiro atoms. The summed E-state index contributed by atoms with van der Waals surface area (Å²) in [7, 11) is -3.44. The Balaban J connectivity index is 0.000000332. The van der Waals surface area contributed by atoms with Gasteiger partial charge in [0.05, 0.1) is 4.90 Å². The fourth-order valence-corrected chi connectivity index (χ4v) is 4.50. The standard InChI is InChI=1S/C13H20N2O2S.C9H12.Ru/c1-10-6-8-11(9-7-10)18(16,17)15-13-5-3-2-4-12(13)14;1-7-4-5-8(2)9(3)6-7;/h6-9,12-13,15H,2-5,14H2,1H3;4-6H,1-3H3;/t12-,13-;;/m0../s1. The van der Waals surface area contributed by atoms with Gasteiger partial charge in [0.25, 0.3) is 0 Å². The molecule has 6 heteroatoms. The zero-order valence-corrected chi connectivity index (χ0v) is 19.7. The van der Waals surface area contributed by atoms with Crippen LogP contribution in [0.1, 0.15) is 47.9 Å². The molecule has 2 aromatic rings. The van der Waals surface area contributed by atoms with E-state index < -0.39 is 10.0 Å². The van der Waals surface area contributed by atoms with Gasteiger partial charge in [-0.05, 0) is 63.8 Å². The summed E-state index contributed by atoms with van der Waals surface area (Å²) in [6.07, 6.45) is 3.84. The third-order valence-electron chi connectivity index (χ3n) is 5.12. The molecule has 0 unspecified atom stereocenters. The molecule has 1 fully saturated rings. The van der Waals surface area contributed by atoms with E-state index in [9.17, 15) is 8.42 Å². The van der Waals surface area contributed by atoms with Crippen molar-refractivity contribution in [2.24, 2.45) is 5.73 Å². The number of sulfonamides is 1. The Morgan fingerprint density at radius 2 is 1.43 bits per heavy atom. The summed E-state index contributed by atoms with van der Waals surface area (Å²) >= 11 is 0. The van der Waals surface area contributed by atoms with E-state index in [1.54, 1.807) is 24.3 Å². The van der Waals surface area contributed by atoms with Crippen LogP contribution in [0.5, 0.6) is 0 Å². The summed E-state index contributed by atoms with van der Waals surface area (Å²) in [5, 5.41) is 0. The molecule has 0 saturated heterocycles. The van der Waals surface area contributed by atoms with E-state index in [-0.39, 0.29) is 31.6 Å². The normalized spacial score (nSPS) is 19.2. The van der Waals surface area contributed by atoms with Gasteiger partial charge in [-0.15, -0.1) is 0 Å².